The molecular formula is C7H7F6N2O5S2+. The zero-order valence-electron chi connectivity index (χ0n) is 10.1. The van der Waals surface area contributed by atoms with E-state index in [2.05, 4.69) is 0 Å². The fourth-order valence-electron chi connectivity index (χ4n) is 1.34. The Morgan fingerprint density at radius 3 is 1.91 bits per heavy atom. The van der Waals surface area contributed by atoms with Crippen LogP contribution < -0.4 is 4.57 Å². The molecule has 1 heterocycles. The molecule has 1 rings (SSSR count). The summed E-state index contributed by atoms with van der Waals surface area (Å²) in [5, 5.41) is 6.43. The first kappa shape index (κ1) is 18.7. The topological polar surface area (TPSA) is 97.3 Å². The molecule has 0 saturated heterocycles. The van der Waals surface area contributed by atoms with E-state index in [1.54, 1.807) is 0 Å². The molecule has 7 nitrogen and oxygen atoms in total. The van der Waals surface area contributed by atoms with E-state index in [0.717, 1.165) is 0 Å². The molecule has 0 unspecified atom stereocenters. The number of hydrogen-bond acceptors (Lipinski definition) is 5. The van der Waals surface area contributed by atoms with Crippen molar-refractivity contribution in [1.82, 2.24) is 3.97 Å². The first-order valence-electron chi connectivity index (χ1n) is 5.02. The molecule has 22 heavy (non-hydrogen) atoms. The number of halogens is 6. The molecule has 0 aliphatic heterocycles. The van der Waals surface area contributed by atoms with E-state index in [1.165, 1.54) is 0 Å². The van der Waals surface area contributed by atoms with Crippen LogP contribution in [0.15, 0.2) is 17.6 Å². The minimum atomic E-state index is -6.42. The Labute approximate surface area is 119 Å². The summed E-state index contributed by atoms with van der Waals surface area (Å²) in [7, 11) is -12.8. The van der Waals surface area contributed by atoms with E-state index in [0.29, 0.717) is 6.20 Å². The zero-order valence-corrected chi connectivity index (χ0v) is 11.8. The molecule has 1 aromatic rings. The van der Waals surface area contributed by atoms with E-state index in [9.17, 15) is 43.2 Å². The third kappa shape index (κ3) is 2.91. The highest BCUT2D eigenvalue weighted by atomic mass is 32.2. The van der Waals surface area contributed by atoms with Gasteiger partial charge in [0.2, 0.25) is 0 Å². The summed E-state index contributed by atoms with van der Waals surface area (Å²) in [6, 6.07) is 0. The number of nitrogens with zero attached hydrogens (tertiary/aromatic N) is 2. The molecule has 0 aromatic carbocycles. The third-order valence-electron chi connectivity index (χ3n) is 2.25. The van der Waals surface area contributed by atoms with Crippen molar-refractivity contribution in [3.63, 3.8) is 0 Å². The molecule has 0 spiro atoms. The molecule has 1 N–H and O–H groups in total. The fourth-order valence-corrected chi connectivity index (χ4v) is 3.65. The number of alkyl halides is 6. The molecule has 0 fully saturated rings. The molecule has 0 aliphatic rings. The smallest absolute Gasteiger partial charge is 0.392 e. The van der Waals surface area contributed by atoms with Gasteiger partial charge in [-0.25, -0.2) is 13.0 Å². The summed E-state index contributed by atoms with van der Waals surface area (Å²) in [6.07, 6.45) is 0.356. The van der Waals surface area contributed by atoms with Crippen molar-refractivity contribution >= 4 is 19.9 Å². The highest BCUT2D eigenvalue weighted by Gasteiger charge is 2.60. The van der Waals surface area contributed by atoms with Crippen LogP contribution in [0, 0.1) is 0 Å². The summed E-state index contributed by atoms with van der Waals surface area (Å²) >= 11 is 0. The van der Waals surface area contributed by atoms with Crippen molar-refractivity contribution in [3.05, 3.63) is 12.4 Å². The van der Waals surface area contributed by atoms with Crippen LogP contribution in [0.4, 0.5) is 26.3 Å². The predicted molar refractivity (Wildman–Crippen MR) is 55.3 cm³/mol. The Kier molecular flexibility index (Phi) is 4.57. The van der Waals surface area contributed by atoms with Crippen LogP contribution in [-0.4, -0.2) is 43.5 Å². The molecular weight excluding hydrogens is 370 g/mol. The van der Waals surface area contributed by atoms with Gasteiger partial charge >= 0.3 is 36.0 Å². The Morgan fingerprint density at radius 2 is 1.55 bits per heavy atom. The SMILES string of the molecule is O=S(=O)(c1n(S(=O)(=O)C(F)(F)F)cc[n+]1CCO)C(F)(F)F. The predicted octanol–water partition coefficient (Wildman–Crippen LogP) is -0.241. The quantitative estimate of drug-likeness (QED) is 0.577. The summed E-state index contributed by atoms with van der Waals surface area (Å²) in [5.41, 5.74) is -12.1. The van der Waals surface area contributed by atoms with Crippen LogP contribution in [0.25, 0.3) is 0 Å². The van der Waals surface area contributed by atoms with Crippen LogP contribution in [0.5, 0.6) is 0 Å². The van der Waals surface area contributed by atoms with Crippen molar-refractivity contribution in [2.24, 2.45) is 0 Å². The molecule has 1 aromatic heterocycles. The first-order chi connectivity index (χ1) is 9.68. The van der Waals surface area contributed by atoms with E-state index >= 15 is 0 Å². The summed E-state index contributed by atoms with van der Waals surface area (Å²) < 4.78 is 119. The van der Waals surface area contributed by atoms with E-state index in [4.69, 9.17) is 5.11 Å². The lowest BCUT2D eigenvalue weighted by molar-refractivity contribution is -0.734. The first-order valence-corrected chi connectivity index (χ1v) is 7.95. The molecule has 0 saturated carbocycles. The molecule has 0 atom stereocenters. The zero-order chi connectivity index (χ0) is 17.6. The summed E-state index contributed by atoms with van der Waals surface area (Å²) in [6.45, 7) is -1.81. The average molecular weight is 377 g/mol. The van der Waals surface area contributed by atoms with Crippen molar-refractivity contribution in [2.75, 3.05) is 6.61 Å². The highest BCUT2D eigenvalue weighted by molar-refractivity contribution is 7.94. The Bertz CT molecular complexity index is 760. The van der Waals surface area contributed by atoms with Gasteiger partial charge in [-0.2, -0.15) is 34.8 Å². The maximum atomic E-state index is 12.5. The molecule has 15 heteroatoms. The van der Waals surface area contributed by atoms with Crippen molar-refractivity contribution in [1.29, 1.82) is 0 Å². The summed E-state index contributed by atoms with van der Waals surface area (Å²) in [4.78, 5) is 0. The second-order valence-electron chi connectivity index (χ2n) is 3.69. The van der Waals surface area contributed by atoms with Gasteiger partial charge in [-0.1, -0.05) is 0 Å². The van der Waals surface area contributed by atoms with Crippen molar-refractivity contribution in [2.45, 2.75) is 22.7 Å². The van der Waals surface area contributed by atoms with Crippen LogP contribution in [0.3, 0.4) is 0 Å². The summed E-state index contributed by atoms with van der Waals surface area (Å²) in [5.74, 6) is 0. The van der Waals surface area contributed by atoms with Gasteiger partial charge in [-0.3, -0.25) is 0 Å². The number of imidazole rings is 1. The van der Waals surface area contributed by atoms with E-state index in [-0.39, 0.29) is 10.8 Å². The van der Waals surface area contributed by atoms with E-state index in [1.807, 2.05) is 0 Å². The third-order valence-corrected chi connectivity index (χ3v) is 5.29. The number of aliphatic hydroxyl groups is 1. The standard InChI is InChI=1S/C7H7F6N2O5S2/c8-6(9,10)21(17,18)5-14(3-4-16)1-2-15(5)22(19,20)7(11,12)13/h1-2,16H,3-4H2/q+1. The average Bonchev–Trinajstić information content (AvgIpc) is 2.71. The van der Waals surface area contributed by atoms with Gasteiger partial charge in [0.05, 0.1) is 6.61 Å². The molecule has 0 amide bonds. The molecule has 0 aliphatic carbocycles. The number of aromatic nitrogens is 2. The number of sulfone groups is 1. The van der Waals surface area contributed by atoms with Gasteiger partial charge in [-0.15, -0.1) is 3.97 Å². The fraction of sp³-hybridized carbons (Fsp3) is 0.571. The minimum Gasteiger partial charge on any atom is -0.392 e. The highest BCUT2D eigenvalue weighted by Crippen LogP contribution is 2.32. The lowest BCUT2D eigenvalue weighted by Gasteiger charge is -2.09. The molecule has 0 bridgehead atoms. The lowest BCUT2D eigenvalue weighted by Crippen LogP contribution is -2.45. The lowest BCUT2D eigenvalue weighted by atomic mass is 10.7. The van der Waals surface area contributed by atoms with Gasteiger partial charge in [0.25, 0.3) is 0 Å². The van der Waals surface area contributed by atoms with Crippen LogP contribution in [0.1, 0.15) is 0 Å². The maximum absolute atomic E-state index is 12.5. The van der Waals surface area contributed by atoms with E-state index < -0.39 is 53.2 Å². The second kappa shape index (κ2) is 5.38. The Morgan fingerprint density at radius 1 is 1.05 bits per heavy atom. The van der Waals surface area contributed by atoms with Gasteiger partial charge in [0, 0.05) is 0 Å². The second-order valence-corrected chi connectivity index (χ2v) is 7.33. The van der Waals surface area contributed by atoms with Crippen LogP contribution in [-0.2, 0) is 26.4 Å². The number of rotatable bonds is 4. The minimum absolute atomic E-state index is 0.00287. The Balaban J connectivity index is 3.81. The van der Waals surface area contributed by atoms with Gasteiger partial charge < -0.3 is 5.11 Å². The van der Waals surface area contributed by atoms with Gasteiger partial charge in [-0.05, 0) is 0 Å². The largest absolute Gasteiger partial charge is 0.537 e. The maximum Gasteiger partial charge on any atom is 0.537 e. The van der Waals surface area contributed by atoms with Crippen LogP contribution >= 0.6 is 0 Å². The van der Waals surface area contributed by atoms with Crippen molar-refractivity contribution in [3.8, 4) is 0 Å². The Hall–Kier alpha value is -1.35. The molecule has 128 valence electrons. The van der Waals surface area contributed by atoms with Crippen LogP contribution in [0.2, 0.25) is 0 Å². The number of aliphatic hydroxyl groups excluding tert-OH is 1. The van der Waals surface area contributed by atoms with Gasteiger partial charge in [0.15, 0.2) is 0 Å². The number of hydrogen-bond donors (Lipinski definition) is 1. The van der Waals surface area contributed by atoms with Crippen molar-refractivity contribution < 1.29 is 52.9 Å². The van der Waals surface area contributed by atoms with Gasteiger partial charge in [0.1, 0.15) is 18.9 Å². The molecule has 0 radical (unpaired) electrons. The monoisotopic (exact) mass is 377 g/mol. The normalized spacial score (nSPS) is 14.3.